The number of piperidine rings is 1. The summed E-state index contributed by atoms with van der Waals surface area (Å²) in [4.78, 5) is 29.5. The van der Waals surface area contributed by atoms with Crippen molar-refractivity contribution in [3.05, 3.63) is 85.1 Å². The number of allylic oxidation sites excluding steroid dienone is 12. The number of aliphatic hydroxyl groups is 17. The van der Waals surface area contributed by atoms with Gasteiger partial charge in [-0.3, -0.25) is 9.59 Å². The lowest BCUT2D eigenvalue weighted by Gasteiger charge is -2.48. The van der Waals surface area contributed by atoms with Crippen molar-refractivity contribution in [2.24, 2.45) is 17.8 Å². The van der Waals surface area contributed by atoms with Gasteiger partial charge in [0.2, 0.25) is 11.7 Å². The van der Waals surface area contributed by atoms with Crippen LogP contribution in [0.1, 0.15) is 105 Å². The van der Waals surface area contributed by atoms with Gasteiger partial charge in [-0.15, -0.1) is 0 Å². The van der Waals surface area contributed by atoms with E-state index >= 15 is 0 Å². The molecule has 1 amide bonds. The molecule has 2 bridgehead atoms. The van der Waals surface area contributed by atoms with Crippen LogP contribution in [0.25, 0.3) is 0 Å². The zero-order valence-corrected chi connectivity index (χ0v) is 55.3. The molecule has 6 aliphatic rings. The summed E-state index contributed by atoms with van der Waals surface area (Å²) in [7, 11) is 0. The van der Waals surface area contributed by atoms with Crippen LogP contribution >= 0.6 is 0 Å². The van der Waals surface area contributed by atoms with Gasteiger partial charge in [0.25, 0.3) is 0 Å². The molecule has 0 saturated carbocycles. The van der Waals surface area contributed by atoms with E-state index in [1.54, 1.807) is 92.8 Å². The number of hydrogen-bond donors (Lipinski definition) is 19. The van der Waals surface area contributed by atoms with Crippen molar-refractivity contribution in [1.82, 2.24) is 15.5 Å². The molecule has 96 heavy (non-hydrogen) atoms. The molecule has 0 aromatic heterocycles. The molecule has 6 rings (SSSR count). The Morgan fingerprint density at radius 1 is 0.625 bits per heavy atom. The van der Waals surface area contributed by atoms with Gasteiger partial charge in [0.15, 0.2) is 18.4 Å². The van der Waals surface area contributed by atoms with Crippen LogP contribution in [0.5, 0.6) is 0 Å². The van der Waals surface area contributed by atoms with Crippen LogP contribution in [0.15, 0.2) is 85.1 Å². The Labute approximate surface area is 560 Å². The summed E-state index contributed by atoms with van der Waals surface area (Å²) < 4.78 is 41.0. The second-order valence-corrected chi connectivity index (χ2v) is 26.6. The van der Waals surface area contributed by atoms with E-state index in [0.29, 0.717) is 13.0 Å². The number of cyclic esters (lactones) is 1. The van der Waals surface area contributed by atoms with Crippen LogP contribution in [-0.4, -0.2) is 302 Å². The third kappa shape index (κ3) is 24.2. The van der Waals surface area contributed by atoms with Crippen molar-refractivity contribution >= 4 is 11.9 Å². The Bertz CT molecular complexity index is 2540. The lowest BCUT2D eigenvalue weighted by atomic mass is 9.82. The molecule has 0 aromatic carbocycles. The number of nitrogens with one attached hydrogen (secondary N) is 2. The SMILES string of the molecule is CC1[C@H](C)OC(=O)C[C@H](O)C[C@H](O)CC[C@@H](O)[C@H](O)C[C@H](O)C[C@]2(O)C[C@H](O)C(C(=O)NCCCN3CCCCC3)C(C[C@@H](OC3O[C@H](C)[C@@H](O)[C@H](NC[C@@]4(O)OC[C@@H](O)[C@@H](OC5O[C@H](CO)[C@@H](O)[C@H](O)[C@H]5O)[C@@H]4O)[C@@H]3O)/C=C/C=C/C=C/C=C/C=C/C=C/C=C/[C@H](C)[C@H]1O)O2. The molecule has 19 N–H and O–H groups in total. The van der Waals surface area contributed by atoms with Gasteiger partial charge < -0.3 is 136 Å². The monoisotopic (exact) mass is 1370 g/mol. The highest BCUT2D eigenvalue weighted by Crippen LogP contribution is 2.39. The number of carbonyl (C=O) groups excluding carboxylic acids is 2. The maximum absolute atomic E-state index is 14.4. The fraction of sp³-hybridized carbons (Fsp3) is 0.761. The molecule has 0 radical (unpaired) electrons. The van der Waals surface area contributed by atoms with Crippen LogP contribution < -0.4 is 10.6 Å². The average Bonchev–Trinajstić information content (AvgIpc) is 0.818. The van der Waals surface area contributed by atoms with E-state index in [0.717, 1.165) is 32.4 Å². The second-order valence-electron chi connectivity index (χ2n) is 26.6. The molecular formula is C67H109N3O26. The van der Waals surface area contributed by atoms with E-state index in [9.17, 15) is 96.4 Å². The molecule has 6 aliphatic heterocycles. The smallest absolute Gasteiger partial charge is 0.308 e. The number of hydrogen-bond acceptors (Lipinski definition) is 28. The maximum atomic E-state index is 14.4. The first-order chi connectivity index (χ1) is 45.5. The van der Waals surface area contributed by atoms with Crippen LogP contribution in [-0.2, 0) is 42.7 Å². The standard InChI is InChI=1S/C67H109N3O26/c1-38-21-16-13-11-9-7-5-6-8-10-12-14-17-22-45(93-64-58(83)54(56(81)41(4)92-64)69-37-67(89)62(86)61(49(78)36-90-67)95-65-60(85)59(84)57(82)51(35-71)94-65)32-50-53(63(87)68-25-20-28-70-26-18-15-19-27-70)48(77)34-66(88,96-50)33-44(74)30-47(76)46(75)24-23-42(72)29-43(73)31-52(79)91-40(3)39(2)55(38)80/h5-14,16-17,21-22,38-51,53-62,64-65,69,71-78,80-86,88-89H,15,18-20,23-37H2,1-4H3,(H,68,87)/b6-5+,9-7+,10-8+,13-11+,14-12+,21-16+,22-17+/t38-,39?,40-,41+,42+,43+,44-,45-,46+,47+,48-,49+,50?,51+,53?,54-,55+,56+,57+,58-,59-,60+,61+,62-,64?,65?,66+,67+/m0/s1. The lowest BCUT2D eigenvalue weighted by molar-refractivity contribution is -0.368. The van der Waals surface area contributed by atoms with Gasteiger partial charge in [-0.1, -0.05) is 105 Å². The minimum atomic E-state index is -2.67. The Morgan fingerprint density at radius 2 is 1.25 bits per heavy atom. The normalized spacial score (nSPS) is 45.5. The number of amides is 1. The number of carbonyl (C=O) groups is 2. The number of likely N-dealkylation sites (tertiary alicyclic amines) is 1. The van der Waals surface area contributed by atoms with Crippen molar-refractivity contribution in [2.45, 2.75) is 257 Å². The molecule has 5 unspecified atom stereocenters. The molecule has 0 aliphatic carbocycles. The van der Waals surface area contributed by atoms with Crippen LogP contribution in [0.3, 0.4) is 0 Å². The van der Waals surface area contributed by atoms with Gasteiger partial charge in [-0.25, -0.2) is 0 Å². The number of rotatable bonds is 13. The highest BCUT2D eigenvalue weighted by Gasteiger charge is 2.55. The summed E-state index contributed by atoms with van der Waals surface area (Å²) in [5.41, 5.74) is 0. The average molecular weight is 1370 g/mol. The zero-order valence-electron chi connectivity index (χ0n) is 55.3. The zero-order chi connectivity index (χ0) is 70.4. The van der Waals surface area contributed by atoms with Crippen molar-refractivity contribution in [1.29, 1.82) is 0 Å². The summed E-state index contributed by atoms with van der Waals surface area (Å²) >= 11 is 0. The molecule has 5 fully saturated rings. The topological polar surface area (TPSA) is 470 Å². The molecule has 28 atom stereocenters. The Hall–Kier alpha value is -3.88. The molecule has 548 valence electrons. The first kappa shape index (κ1) is 81.1. The summed E-state index contributed by atoms with van der Waals surface area (Å²) in [6.45, 7) is 7.09. The van der Waals surface area contributed by atoms with Gasteiger partial charge in [0, 0.05) is 44.1 Å². The predicted molar refractivity (Wildman–Crippen MR) is 343 cm³/mol. The Balaban J connectivity index is 1.26. The van der Waals surface area contributed by atoms with Gasteiger partial charge in [-0.2, -0.15) is 0 Å². The third-order valence-corrected chi connectivity index (χ3v) is 18.8. The Morgan fingerprint density at radius 3 is 1.90 bits per heavy atom. The number of ether oxygens (including phenoxy) is 7. The molecule has 6 heterocycles. The fourth-order valence-corrected chi connectivity index (χ4v) is 12.8. The number of nitrogens with zero attached hydrogens (tertiary/aromatic N) is 1. The first-order valence-corrected chi connectivity index (χ1v) is 33.7. The second kappa shape index (κ2) is 39.4. The van der Waals surface area contributed by atoms with E-state index in [-0.39, 0.29) is 38.1 Å². The van der Waals surface area contributed by atoms with Gasteiger partial charge in [-0.05, 0) is 72.0 Å². The number of esters is 1. The molecule has 0 aromatic rings. The van der Waals surface area contributed by atoms with Crippen molar-refractivity contribution in [3.8, 4) is 0 Å². The van der Waals surface area contributed by atoms with Crippen molar-refractivity contribution in [2.75, 3.05) is 45.9 Å². The van der Waals surface area contributed by atoms with Gasteiger partial charge in [0.1, 0.15) is 54.9 Å². The van der Waals surface area contributed by atoms with Crippen LogP contribution in [0.4, 0.5) is 0 Å². The summed E-state index contributed by atoms with van der Waals surface area (Å²) in [6.07, 6.45) is -9.47. The molecule has 0 spiro atoms. The number of aliphatic hydroxyl groups excluding tert-OH is 15. The van der Waals surface area contributed by atoms with E-state index in [2.05, 4.69) is 15.5 Å². The van der Waals surface area contributed by atoms with Crippen LogP contribution in [0.2, 0.25) is 0 Å². The molecular weight excluding hydrogens is 1260 g/mol. The molecule has 29 nitrogen and oxygen atoms in total. The number of fused-ring (bicyclic) bond motifs is 2. The van der Waals surface area contributed by atoms with E-state index in [4.69, 9.17) is 33.2 Å². The predicted octanol–water partition coefficient (Wildman–Crippen LogP) is -3.12. The summed E-state index contributed by atoms with van der Waals surface area (Å²) in [6, 6.07) is -1.46. The van der Waals surface area contributed by atoms with E-state index in [1.165, 1.54) is 13.0 Å². The van der Waals surface area contributed by atoms with Gasteiger partial charge >= 0.3 is 5.97 Å². The summed E-state index contributed by atoms with van der Waals surface area (Å²) in [5.74, 6) is -8.69. The van der Waals surface area contributed by atoms with Crippen molar-refractivity contribution in [3.63, 3.8) is 0 Å². The van der Waals surface area contributed by atoms with Crippen LogP contribution in [0, 0.1) is 17.8 Å². The highest BCUT2D eigenvalue weighted by atomic mass is 16.7. The van der Waals surface area contributed by atoms with Gasteiger partial charge in [0.05, 0.1) is 105 Å². The minimum absolute atomic E-state index is 0.149. The quantitative estimate of drug-likeness (QED) is 0.0641. The minimum Gasteiger partial charge on any atom is -0.462 e. The molecule has 5 saturated heterocycles. The van der Waals surface area contributed by atoms with E-state index < -0.39 is 221 Å². The first-order valence-electron chi connectivity index (χ1n) is 33.7. The highest BCUT2D eigenvalue weighted by molar-refractivity contribution is 5.80. The lowest BCUT2D eigenvalue weighted by Crippen LogP contribution is -2.70. The fourth-order valence-electron chi connectivity index (χ4n) is 12.8. The van der Waals surface area contributed by atoms with Crippen molar-refractivity contribution < 1.29 is 130 Å². The molecule has 29 heteroatoms. The summed E-state index contributed by atoms with van der Waals surface area (Å²) in [5, 5.41) is 195. The third-order valence-electron chi connectivity index (χ3n) is 18.8. The van der Waals surface area contributed by atoms with E-state index in [1.807, 2.05) is 6.92 Å². The Kier molecular flexibility index (Phi) is 33.2. The largest absolute Gasteiger partial charge is 0.462 e. The maximum Gasteiger partial charge on any atom is 0.308 e.